The molecule has 0 spiro atoms. The van der Waals surface area contributed by atoms with E-state index in [0.717, 1.165) is 0 Å². The van der Waals surface area contributed by atoms with Gasteiger partial charge in [0.15, 0.2) is 0 Å². The maximum Gasteiger partial charge on any atom is 0.106 e. The third kappa shape index (κ3) is 3.40. The van der Waals surface area contributed by atoms with Gasteiger partial charge in [0.25, 0.3) is 0 Å². The van der Waals surface area contributed by atoms with E-state index in [9.17, 15) is 0 Å². The van der Waals surface area contributed by atoms with Gasteiger partial charge in [-0.2, -0.15) is 0 Å². The number of hydrogen-bond acceptors (Lipinski definition) is 2. The van der Waals surface area contributed by atoms with Crippen LogP contribution in [0.1, 0.15) is 38.5 Å². The molecule has 1 aliphatic carbocycles. The van der Waals surface area contributed by atoms with Gasteiger partial charge in [-0.25, -0.2) is 0 Å². The highest BCUT2D eigenvalue weighted by Crippen LogP contribution is 2.21. The Morgan fingerprint density at radius 3 is 2.36 bits per heavy atom. The van der Waals surface area contributed by atoms with E-state index in [-0.39, 0.29) is 0 Å². The molecule has 64 valence electrons. The smallest absolute Gasteiger partial charge is 0.106 e. The molecule has 2 nitrogen and oxygen atoms in total. The van der Waals surface area contributed by atoms with Gasteiger partial charge in [-0.1, -0.05) is 30.8 Å². The minimum Gasteiger partial charge on any atom is -0.399 e. The first kappa shape index (κ1) is 8.57. The fourth-order valence-corrected chi connectivity index (χ4v) is 1.61. The van der Waals surface area contributed by atoms with E-state index in [1.54, 1.807) is 7.11 Å². The largest absolute Gasteiger partial charge is 0.399 e. The van der Waals surface area contributed by atoms with Crippen molar-refractivity contribution in [2.24, 2.45) is 11.1 Å². The Bertz CT molecular complexity index is 115. The fourth-order valence-electron chi connectivity index (χ4n) is 1.61. The summed E-state index contributed by atoms with van der Waals surface area (Å²) in [7, 11) is 1.60. The highest BCUT2D eigenvalue weighted by Gasteiger charge is 2.09. The van der Waals surface area contributed by atoms with Gasteiger partial charge in [-0.15, -0.1) is 0 Å². The Hall–Kier alpha value is -0.530. The molecule has 0 N–H and O–H groups in total. The lowest BCUT2D eigenvalue weighted by molar-refractivity contribution is 0.213. The molecule has 0 atom stereocenters. The van der Waals surface area contributed by atoms with Crippen molar-refractivity contribution >= 4 is 6.21 Å². The van der Waals surface area contributed by atoms with Crippen molar-refractivity contribution in [1.29, 1.82) is 0 Å². The molecule has 0 bridgehead atoms. The van der Waals surface area contributed by atoms with Crippen LogP contribution in [0.3, 0.4) is 0 Å². The Morgan fingerprint density at radius 2 is 1.82 bits per heavy atom. The molecule has 11 heavy (non-hydrogen) atoms. The van der Waals surface area contributed by atoms with E-state index in [4.69, 9.17) is 0 Å². The molecule has 0 aromatic heterocycles. The second kappa shape index (κ2) is 5.16. The number of nitrogens with zero attached hydrogens (tertiary/aromatic N) is 1. The van der Waals surface area contributed by atoms with Gasteiger partial charge in [0.1, 0.15) is 7.11 Å². The van der Waals surface area contributed by atoms with E-state index in [1.807, 2.05) is 6.21 Å². The molecule has 1 saturated carbocycles. The summed E-state index contributed by atoms with van der Waals surface area (Å²) < 4.78 is 0. The van der Waals surface area contributed by atoms with Gasteiger partial charge in [-0.05, 0) is 18.8 Å². The molecule has 0 radical (unpaired) electrons. The standard InChI is InChI=1S/C9H17NO/c1-11-10-8-9-6-4-2-3-5-7-9/h8-9H,2-7H2,1H3. The van der Waals surface area contributed by atoms with Crippen molar-refractivity contribution in [3.63, 3.8) is 0 Å². The maximum absolute atomic E-state index is 4.65. The predicted molar refractivity (Wildman–Crippen MR) is 46.7 cm³/mol. The molecule has 0 aromatic carbocycles. The lowest BCUT2D eigenvalue weighted by atomic mass is 10.0. The van der Waals surface area contributed by atoms with Crippen LogP contribution in [0.5, 0.6) is 0 Å². The molecule has 2 heteroatoms. The molecule has 0 heterocycles. The van der Waals surface area contributed by atoms with Crippen molar-refractivity contribution in [2.45, 2.75) is 38.5 Å². The highest BCUT2D eigenvalue weighted by molar-refractivity contribution is 5.59. The third-order valence-electron chi connectivity index (χ3n) is 2.28. The minimum atomic E-state index is 0.678. The fraction of sp³-hybridized carbons (Fsp3) is 0.889. The zero-order valence-electron chi connectivity index (χ0n) is 7.25. The lowest BCUT2D eigenvalue weighted by Gasteiger charge is -2.04. The molecule has 0 saturated heterocycles. The Labute approximate surface area is 68.6 Å². The van der Waals surface area contributed by atoms with E-state index < -0.39 is 0 Å². The summed E-state index contributed by atoms with van der Waals surface area (Å²) in [5.74, 6) is 0.678. The van der Waals surface area contributed by atoms with Gasteiger partial charge in [0.2, 0.25) is 0 Å². The Morgan fingerprint density at radius 1 is 1.18 bits per heavy atom. The van der Waals surface area contributed by atoms with Crippen LogP contribution in [0.2, 0.25) is 0 Å². The summed E-state index contributed by atoms with van der Waals surface area (Å²) in [6.45, 7) is 0. The van der Waals surface area contributed by atoms with Crippen molar-refractivity contribution in [3.05, 3.63) is 0 Å². The second-order valence-corrected chi connectivity index (χ2v) is 3.19. The molecule has 0 aromatic rings. The molecule has 0 amide bonds. The van der Waals surface area contributed by atoms with Gasteiger partial charge in [-0.3, -0.25) is 0 Å². The van der Waals surface area contributed by atoms with E-state index in [1.165, 1.54) is 38.5 Å². The Kier molecular flexibility index (Phi) is 4.02. The van der Waals surface area contributed by atoms with Crippen LogP contribution >= 0.6 is 0 Å². The van der Waals surface area contributed by atoms with Crippen LogP contribution in [-0.2, 0) is 4.84 Å². The molecule has 0 unspecified atom stereocenters. The molecule has 1 aliphatic rings. The quantitative estimate of drug-likeness (QED) is 0.341. The first-order chi connectivity index (χ1) is 5.43. The lowest BCUT2D eigenvalue weighted by Crippen LogP contribution is -1.99. The SMILES string of the molecule is CON=CC1CCCCCC1. The maximum atomic E-state index is 4.65. The second-order valence-electron chi connectivity index (χ2n) is 3.19. The van der Waals surface area contributed by atoms with Crippen LogP contribution < -0.4 is 0 Å². The van der Waals surface area contributed by atoms with Crippen molar-refractivity contribution in [2.75, 3.05) is 7.11 Å². The summed E-state index contributed by atoms with van der Waals surface area (Å²) in [4.78, 5) is 4.65. The van der Waals surface area contributed by atoms with Gasteiger partial charge >= 0.3 is 0 Å². The highest BCUT2D eigenvalue weighted by atomic mass is 16.6. The van der Waals surface area contributed by atoms with E-state index in [0.29, 0.717) is 5.92 Å². The van der Waals surface area contributed by atoms with E-state index in [2.05, 4.69) is 9.99 Å². The van der Waals surface area contributed by atoms with Crippen LogP contribution in [0.4, 0.5) is 0 Å². The summed E-state index contributed by atoms with van der Waals surface area (Å²) in [5.41, 5.74) is 0. The topological polar surface area (TPSA) is 21.6 Å². The molecule has 0 aliphatic heterocycles. The monoisotopic (exact) mass is 155 g/mol. The first-order valence-electron chi connectivity index (χ1n) is 4.50. The van der Waals surface area contributed by atoms with Gasteiger partial charge in [0.05, 0.1) is 0 Å². The summed E-state index contributed by atoms with van der Waals surface area (Å²) in [5, 5.41) is 3.81. The Balaban J connectivity index is 2.25. The van der Waals surface area contributed by atoms with Gasteiger partial charge in [0, 0.05) is 6.21 Å². The van der Waals surface area contributed by atoms with Gasteiger partial charge < -0.3 is 4.84 Å². The molecule has 1 rings (SSSR count). The number of oxime groups is 1. The molecular weight excluding hydrogens is 138 g/mol. The zero-order chi connectivity index (χ0) is 7.94. The number of hydrogen-bond donors (Lipinski definition) is 0. The first-order valence-corrected chi connectivity index (χ1v) is 4.50. The summed E-state index contributed by atoms with van der Waals surface area (Å²) >= 11 is 0. The molecular formula is C9H17NO. The average molecular weight is 155 g/mol. The van der Waals surface area contributed by atoms with Crippen molar-refractivity contribution in [1.82, 2.24) is 0 Å². The summed E-state index contributed by atoms with van der Waals surface area (Å²) in [6.07, 6.45) is 10.1. The van der Waals surface area contributed by atoms with Crippen LogP contribution in [-0.4, -0.2) is 13.3 Å². The zero-order valence-corrected chi connectivity index (χ0v) is 7.25. The third-order valence-corrected chi connectivity index (χ3v) is 2.28. The average Bonchev–Trinajstić information content (AvgIpc) is 2.28. The summed E-state index contributed by atoms with van der Waals surface area (Å²) in [6, 6.07) is 0. The normalized spacial score (nSPS) is 21.9. The van der Waals surface area contributed by atoms with Crippen LogP contribution in [0.15, 0.2) is 5.16 Å². The van der Waals surface area contributed by atoms with Crippen molar-refractivity contribution < 1.29 is 4.84 Å². The predicted octanol–water partition coefficient (Wildman–Crippen LogP) is 2.59. The van der Waals surface area contributed by atoms with Crippen molar-refractivity contribution in [3.8, 4) is 0 Å². The van der Waals surface area contributed by atoms with Crippen LogP contribution in [0.25, 0.3) is 0 Å². The van der Waals surface area contributed by atoms with E-state index >= 15 is 0 Å². The number of rotatable bonds is 2. The minimum absolute atomic E-state index is 0.678. The molecule has 1 fully saturated rings. The van der Waals surface area contributed by atoms with Crippen LogP contribution in [0, 0.1) is 5.92 Å².